The van der Waals surface area contributed by atoms with Crippen LogP contribution in [-0.2, 0) is 9.53 Å². The number of benzene rings is 1. The molecule has 2 rings (SSSR count). The number of hydrogen-bond donors (Lipinski definition) is 1. The van der Waals surface area contributed by atoms with Crippen molar-refractivity contribution in [2.45, 2.75) is 18.8 Å². The number of rotatable bonds is 8. The largest absolute Gasteiger partial charge is 0.508 e. The minimum absolute atomic E-state index is 0.116. The lowest BCUT2D eigenvalue weighted by Crippen LogP contribution is -2.10. The number of allylic oxidation sites excluding steroid dienone is 1. The van der Waals surface area contributed by atoms with Crippen LogP contribution in [0.3, 0.4) is 0 Å². The van der Waals surface area contributed by atoms with E-state index in [0.29, 0.717) is 0 Å². The third-order valence-electron chi connectivity index (χ3n) is 3.79. The predicted molar refractivity (Wildman–Crippen MR) is 103 cm³/mol. The molecule has 0 radical (unpaired) electrons. The summed E-state index contributed by atoms with van der Waals surface area (Å²) in [5.74, 6) is 1.27. The Morgan fingerprint density at radius 3 is 2.46 bits per heavy atom. The van der Waals surface area contributed by atoms with Crippen LogP contribution in [0.2, 0.25) is 0 Å². The molecule has 0 aliphatic carbocycles. The second-order valence-electron chi connectivity index (χ2n) is 5.61. The summed E-state index contributed by atoms with van der Waals surface area (Å²) in [6, 6.07) is 10.0. The fourth-order valence-corrected chi connectivity index (χ4v) is 3.58. The van der Waals surface area contributed by atoms with Crippen LogP contribution >= 0.6 is 7.55 Å². The molecule has 136 valence electrons. The Labute approximate surface area is 153 Å². The van der Waals surface area contributed by atoms with Gasteiger partial charge in [-0.05, 0) is 17.7 Å². The molecule has 1 aromatic heterocycles. The second kappa shape index (κ2) is 9.68. The molecule has 1 N–H and O–H groups in total. The Morgan fingerprint density at radius 2 is 1.88 bits per heavy atom. The van der Waals surface area contributed by atoms with Gasteiger partial charge >= 0.3 is 12.0 Å². The zero-order chi connectivity index (χ0) is 18.9. The van der Waals surface area contributed by atoms with Gasteiger partial charge in [0.25, 0.3) is 0 Å². The molecule has 2 atom stereocenters. The quantitative estimate of drug-likeness (QED) is 0.435. The predicted octanol–water partition coefficient (Wildman–Crippen LogP) is 3.16. The average molecular weight is 373 g/mol. The SMILES string of the molecule is C=[P+](C=C(O)C[C@@H](CC(=O)OC)c1cnc(OC)nc1)c1ccccc1. The summed E-state index contributed by atoms with van der Waals surface area (Å²) >= 11 is 0. The number of aliphatic hydroxyl groups is 1. The van der Waals surface area contributed by atoms with Crippen molar-refractivity contribution in [3.63, 3.8) is 0 Å². The second-order valence-corrected chi connectivity index (χ2v) is 7.32. The van der Waals surface area contributed by atoms with E-state index >= 15 is 0 Å². The number of aromatic nitrogens is 2. The average Bonchev–Trinajstić information content (AvgIpc) is 2.68. The molecule has 26 heavy (non-hydrogen) atoms. The minimum atomic E-state index is -0.876. The van der Waals surface area contributed by atoms with E-state index in [1.54, 1.807) is 18.2 Å². The van der Waals surface area contributed by atoms with E-state index in [1.807, 2.05) is 30.3 Å². The van der Waals surface area contributed by atoms with Crippen molar-refractivity contribution in [2.24, 2.45) is 0 Å². The lowest BCUT2D eigenvalue weighted by atomic mass is 9.94. The van der Waals surface area contributed by atoms with Gasteiger partial charge in [0, 0.05) is 24.7 Å². The van der Waals surface area contributed by atoms with Gasteiger partial charge in [-0.3, -0.25) is 4.79 Å². The van der Waals surface area contributed by atoms with Crippen molar-refractivity contribution in [1.82, 2.24) is 9.97 Å². The van der Waals surface area contributed by atoms with Gasteiger partial charge < -0.3 is 14.6 Å². The van der Waals surface area contributed by atoms with Gasteiger partial charge in [-0.15, -0.1) is 0 Å². The van der Waals surface area contributed by atoms with E-state index < -0.39 is 7.55 Å². The highest BCUT2D eigenvalue weighted by atomic mass is 31.1. The molecule has 0 saturated heterocycles. The van der Waals surface area contributed by atoms with E-state index in [9.17, 15) is 9.90 Å². The Kier molecular flexibility index (Phi) is 7.30. The van der Waals surface area contributed by atoms with Gasteiger partial charge in [0.15, 0.2) is 18.7 Å². The highest BCUT2D eigenvalue weighted by molar-refractivity contribution is 7.66. The van der Waals surface area contributed by atoms with Crippen molar-refractivity contribution in [1.29, 1.82) is 0 Å². The summed E-state index contributed by atoms with van der Waals surface area (Å²) in [4.78, 5) is 19.9. The maximum absolute atomic E-state index is 11.7. The van der Waals surface area contributed by atoms with Gasteiger partial charge in [-0.2, -0.15) is 0 Å². The standard InChI is InChI=1S/C19H21N2O4P/c1-24-18(23)10-14(15-11-20-19(25-2)21-12-15)9-16(22)13-26(3)17-7-5-4-6-8-17/h4-8,11-14H,3,9-10H2,1-2H3/p+1/t14-/m0/s1. The van der Waals surface area contributed by atoms with Crippen LogP contribution < -0.4 is 10.0 Å². The topological polar surface area (TPSA) is 81.5 Å². The van der Waals surface area contributed by atoms with Crippen molar-refractivity contribution >= 4 is 25.1 Å². The number of nitrogens with zero attached hydrogens (tertiary/aromatic N) is 2. The summed E-state index contributed by atoms with van der Waals surface area (Å²) in [6.07, 6.45) is 7.70. The normalized spacial score (nSPS) is 13.0. The van der Waals surface area contributed by atoms with Gasteiger partial charge in [-0.1, -0.05) is 18.2 Å². The fraction of sp³-hybridized carbons (Fsp3) is 0.263. The first kappa shape index (κ1) is 19.6. The maximum atomic E-state index is 11.7. The molecule has 7 heteroatoms. The number of hydrogen-bond acceptors (Lipinski definition) is 6. The summed E-state index contributed by atoms with van der Waals surface area (Å²) < 4.78 is 9.72. The van der Waals surface area contributed by atoms with Crippen LogP contribution in [-0.4, -0.2) is 41.6 Å². The van der Waals surface area contributed by atoms with E-state index in [0.717, 1.165) is 10.9 Å². The summed E-state index contributed by atoms with van der Waals surface area (Å²) in [6.45, 7) is 0. The first-order valence-electron chi connectivity index (χ1n) is 8.00. The van der Waals surface area contributed by atoms with Gasteiger partial charge in [-0.25, -0.2) is 9.97 Å². The van der Waals surface area contributed by atoms with Gasteiger partial charge in [0.05, 0.1) is 26.9 Å². The third kappa shape index (κ3) is 5.67. The van der Waals surface area contributed by atoms with E-state index in [-0.39, 0.29) is 36.5 Å². The summed E-state index contributed by atoms with van der Waals surface area (Å²) in [7, 11) is 1.94. The summed E-state index contributed by atoms with van der Waals surface area (Å²) in [5, 5.41) is 11.5. The molecule has 0 aliphatic rings. The number of carbonyl (C=O) groups is 1. The van der Waals surface area contributed by atoms with Crippen LogP contribution in [0.1, 0.15) is 24.3 Å². The number of carbonyl (C=O) groups excluding carboxylic acids is 1. The smallest absolute Gasteiger partial charge is 0.316 e. The number of ether oxygens (including phenoxy) is 2. The highest BCUT2D eigenvalue weighted by Crippen LogP contribution is 2.30. The van der Waals surface area contributed by atoms with Crippen molar-refractivity contribution in [3.05, 3.63) is 59.9 Å². The van der Waals surface area contributed by atoms with Crippen molar-refractivity contribution < 1.29 is 19.4 Å². The molecule has 1 unspecified atom stereocenters. The van der Waals surface area contributed by atoms with Gasteiger partial charge in [0.2, 0.25) is 0 Å². The molecule has 0 amide bonds. The van der Waals surface area contributed by atoms with Crippen molar-refractivity contribution in [3.8, 4) is 6.01 Å². The Hall–Kier alpha value is -2.72. The molecule has 0 fully saturated rings. The Bertz CT molecular complexity index is 776. The van der Waals surface area contributed by atoms with Crippen LogP contribution in [0.4, 0.5) is 0 Å². The number of aliphatic hydroxyl groups excluding tert-OH is 1. The molecule has 2 aromatic rings. The molecule has 0 aliphatic heterocycles. The minimum Gasteiger partial charge on any atom is -0.508 e. The first-order chi connectivity index (χ1) is 12.5. The molecule has 6 nitrogen and oxygen atoms in total. The fourth-order valence-electron chi connectivity index (χ4n) is 2.41. The van der Waals surface area contributed by atoms with E-state index in [2.05, 4.69) is 16.3 Å². The van der Waals surface area contributed by atoms with Crippen LogP contribution in [0.15, 0.2) is 54.3 Å². The Morgan fingerprint density at radius 1 is 1.23 bits per heavy atom. The molecule has 1 aromatic carbocycles. The molecular weight excluding hydrogens is 351 g/mol. The van der Waals surface area contributed by atoms with Crippen LogP contribution in [0, 0.1) is 0 Å². The van der Waals surface area contributed by atoms with Crippen molar-refractivity contribution in [2.75, 3.05) is 14.2 Å². The monoisotopic (exact) mass is 373 g/mol. The highest BCUT2D eigenvalue weighted by Gasteiger charge is 2.21. The Balaban J connectivity index is 2.17. The lowest BCUT2D eigenvalue weighted by Gasteiger charge is -2.14. The number of methoxy groups -OCH3 is 2. The maximum Gasteiger partial charge on any atom is 0.316 e. The van der Waals surface area contributed by atoms with Crippen LogP contribution in [0.25, 0.3) is 0 Å². The molecule has 0 bridgehead atoms. The zero-order valence-corrected chi connectivity index (χ0v) is 15.7. The van der Waals surface area contributed by atoms with Crippen LogP contribution in [0.5, 0.6) is 6.01 Å². The first-order valence-corrected chi connectivity index (χ1v) is 9.60. The third-order valence-corrected chi connectivity index (χ3v) is 5.36. The number of esters is 1. The molecule has 1 heterocycles. The molecular formula is C19H22N2O4P+. The molecule has 0 spiro atoms. The molecule has 0 saturated carbocycles. The van der Waals surface area contributed by atoms with E-state index in [4.69, 9.17) is 9.47 Å². The summed E-state index contributed by atoms with van der Waals surface area (Å²) in [5.41, 5.74) is 0.726. The van der Waals surface area contributed by atoms with E-state index in [1.165, 1.54) is 14.2 Å². The van der Waals surface area contributed by atoms with Gasteiger partial charge in [0.1, 0.15) is 5.76 Å². The zero-order valence-electron chi connectivity index (χ0n) is 14.8. The lowest BCUT2D eigenvalue weighted by molar-refractivity contribution is -0.141.